The van der Waals surface area contributed by atoms with Crippen LogP contribution in [0.25, 0.3) is 0 Å². The van der Waals surface area contributed by atoms with Crippen molar-refractivity contribution in [1.29, 1.82) is 0 Å². The lowest BCUT2D eigenvalue weighted by Crippen LogP contribution is -2.55. The standard InChI is InChI=1S/C19H39NO/c1-4-7-8-9-10-11-12-15-18(21)19(5-2,6-3)20-16-13-14-17-20/h18,21H,4-17H2,1-3H3. The summed E-state index contributed by atoms with van der Waals surface area (Å²) in [4.78, 5) is 2.58. The first-order valence-electron chi connectivity index (χ1n) is 9.64. The molecule has 0 spiro atoms. The number of nitrogens with zero attached hydrogens (tertiary/aromatic N) is 1. The smallest absolute Gasteiger partial charge is 0.0723 e. The van der Waals surface area contributed by atoms with Crippen molar-refractivity contribution in [3.8, 4) is 0 Å². The van der Waals surface area contributed by atoms with Crippen LogP contribution >= 0.6 is 0 Å². The van der Waals surface area contributed by atoms with Gasteiger partial charge in [0.15, 0.2) is 0 Å². The molecule has 1 heterocycles. The topological polar surface area (TPSA) is 23.5 Å². The summed E-state index contributed by atoms with van der Waals surface area (Å²) in [5.74, 6) is 0. The summed E-state index contributed by atoms with van der Waals surface area (Å²) in [6.07, 6.45) is 15.0. The lowest BCUT2D eigenvalue weighted by Gasteiger charge is -2.44. The van der Waals surface area contributed by atoms with Crippen LogP contribution in [0.1, 0.15) is 97.8 Å². The highest BCUT2D eigenvalue weighted by molar-refractivity contribution is 4.96. The molecule has 0 aromatic carbocycles. The Balaban J connectivity index is 2.31. The van der Waals surface area contributed by atoms with E-state index in [1.165, 1.54) is 70.9 Å². The van der Waals surface area contributed by atoms with Crippen molar-refractivity contribution in [1.82, 2.24) is 4.90 Å². The monoisotopic (exact) mass is 297 g/mol. The first kappa shape index (κ1) is 19.0. The van der Waals surface area contributed by atoms with E-state index in [-0.39, 0.29) is 11.6 Å². The summed E-state index contributed by atoms with van der Waals surface area (Å²) in [7, 11) is 0. The SMILES string of the molecule is CCCCCCCCCC(O)C(CC)(CC)N1CCCC1. The highest BCUT2D eigenvalue weighted by Crippen LogP contribution is 2.33. The highest BCUT2D eigenvalue weighted by atomic mass is 16.3. The van der Waals surface area contributed by atoms with Gasteiger partial charge in [0, 0.05) is 5.54 Å². The zero-order valence-electron chi connectivity index (χ0n) is 14.9. The van der Waals surface area contributed by atoms with E-state index in [1.807, 2.05) is 0 Å². The van der Waals surface area contributed by atoms with Gasteiger partial charge in [-0.3, -0.25) is 4.90 Å². The van der Waals surface area contributed by atoms with Gasteiger partial charge in [0.25, 0.3) is 0 Å². The average Bonchev–Trinajstić information content (AvgIpc) is 3.03. The van der Waals surface area contributed by atoms with Gasteiger partial charge in [0.2, 0.25) is 0 Å². The lowest BCUT2D eigenvalue weighted by molar-refractivity contribution is -0.0326. The van der Waals surface area contributed by atoms with Crippen LogP contribution in [0.2, 0.25) is 0 Å². The number of likely N-dealkylation sites (tertiary alicyclic amines) is 1. The number of hydrogen-bond donors (Lipinski definition) is 1. The zero-order valence-corrected chi connectivity index (χ0v) is 14.9. The second-order valence-corrected chi connectivity index (χ2v) is 6.93. The van der Waals surface area contributed by atoms with E-state index in [4.69, 9.17) is 0 Å². The fourth-order valence-electron chi connectivity index (χ4n) is 4.11. The van der Waals surface area contributed by atoms with Crippen molar-refractivity contribution < 1.29 is 5.11 Å². The molecule has 21 heavy (non-hydrogen) atoms. The predicted molar refractivity (Wildman–Crippen MR) is 92.7 cm³/mol. The van der Waals surface area contributed by atoms with Crippen LogP contribution in [0.5, 0.6) is 0 Å². The van der Waals surface area contributed by atoms with E-state index in [0.29, 0.717) is 0 Å². The summed E-state index contributed by atoms with van der Waals surface area (Å²) in [6, 6.07) is 0. The number of unbranched alkanes of at least 4 members (excludes halogenated alkanes) is 6. The summed E-state index contributed by atoms with van der Waals surface area (Å²) in [6.45, 7) is 9.17. The van der Waals surface area contributed by atoms with Gasteiger partial charge in [-0.1, -0.05) is 65.7 Å². The van der Waals surface area contributed by atoms with E-state index < -0.39 is 0 Å². The Kier molecular flexibility index (Phi) is 9.59. The number of rotatable bonds is 12. The Morgan fingerprint density at radius 3 is 1.90 bits per heavy atom. The quantitative estimate of drug-likeness (QED) is 0.504. The summed E-state index contributed by atoms with van der Waals surface area (Å²) >= 11 is 0. The van der Waals surface area contributed by atoms with E-state index in [1.54, 1.807) is 0 Å². The maximum Gasteiger partial charge on any atom is 0.0723 e. The summed E-state index contributed by atoms with van der Waals surface area (Å²) in [5, 5.41) is 10.8. The maximum atomic E-state index is 10.8. The van der Waals surface area contributed by atoms with Crippen LogP contribution in [-0.2, 0) is 0 Å². The first-order chi connectivity index (χ1) is 10.2. The van der Waals surface area contributed by atoms with Crippen LogP contribution in [0.4, 0.5) is 0 Å². The predicted octanol–water partition coefficient (Wildman–Crippen LogP) is 5.14. The molecule has 0 amide bonds. The molecule has 0 radical (unpaired) electrons. The third kappa shape index (κ3) is 5.56. The third-order valence-electron chi connectivity index (χ3n) is 5.66. The molecule has 0 bridgehead atoms. The van der Waals surface area contributed by atoms with E-state index in [2.05, 4.69) is 25.7 Å². The molecule has 1 fully saturated rings. The van der Waals surface area contributed by atoms with Crippen LogP contribution in [0.15, 0.2) is 0 Å². The first-order valence-corrected chi connectivity index (χ1v) is 9.64. The second-order valence-electron chi connectivity index (χ2n) is 6.93. The Morgan fingerprint density at radius 2 is 1.38 bits per heavy atom. The van der Waals surface area contributed by atoms with Gasteiger partial charge in [-0.05, 0) is 45.2 Å². The minimum Gasteiger partial charge on any atom is -0.391 e. The Morgan fingerprint density at radius 1 is 0.857 bits per heavy atom. The minimum atomic E-state index is -0.138. The minimum absolute atomic E-state index is 0.0543. The Bertz CT molecular complexity index is 244. The molecule has 1 N–H and O–H groups in total. The van der Waals surface area contributed by atoms with Crippen LogP contribution in [0, 0.1) is 0 Å². The molecule has 1 aliphatic rings. The van der Waals surface area contributed by atoms with E-state index in [9.17, 15) is 5.11 Å². The molecule has 2 nitrogen and oxygen atoms in total. The zero-order chi connectivity index (χ0) is 15.6. The fourth-order valence-corrected chi connectivity index (χ4v) is 4.11. The molecule has 0 saturated carbocycles. The summed E-state index contributed by atoms with van der Waals surface area (Å²) in [5.41, 5.74) is 0.0543. The second kappa shape index (κ2) is 10.6. The van der Waals surface area contributed by atoms with Crippen molar-refractivity contribution in [2.24, 2.45) is 0 Å². The molecule has 0 aromatic heterocycles. The Labute approximate surface area is 133 Å². The van der Waals surface area contributed by atoms with Gasteiger partial charge in [-0.15, -0.1) is 0 Å². The van der Waals surface area contributed by atoms with Crippen molar-refractivity contribution in [3.63, 3.8) is 0 Å². The van der Waals surface area contributed by atoms with Crippen LogP contribution < -0.4 is 0 Å². The van der Waals surface area contributed by atoms with Crippen molar-refractivity contribution in [3.05, 3.63) is 0 Å². The van der Waals surface area contributed by atoms with E-state index >= 15 is 0 Å². The molecule has 1 atom stereocenters. The van der Waals surface area contributed by atoms with Gasteiger partial charge in [-0.25, -0.2) is 0 Å². The molecule has 0 aromatic rings. The van der Waals surface area contributed by atoms with Gasteiger partial charge in [0.1, 0.15) is 0 Å². The van der Waals surface area contributed by atoms with Gasteiger partial charge in [0.05, 0.1) is 6.10 Å². The molecule has 1 rings (SSSR count). The van der Waals surface area contributed by atoms with Crippen molar-refractivity contribution >= 4 is 0 Å². The van der Waals surface area contributed by atoms with E-state index in [0.717, 1.165) is 19.3 Å². The molecule has 1 unspecified atom stereocenters. The van der Waals surface area contributed by atoms with Crippen molar-refractivity contribution in [2.75, 3.05) is 13.1 Å². The molecule has 126 valence electrons. The molecular formula is C19H39NO. The fraction of sp³-hybridized carbons (Fsp3) is 1.00. The lowest BCUT2D eigenvalue weighted by atomic mass is 9.82. The third-order valence-corrected chi connectivity index (χ3v) is 5.66. The molecule has 0 aliphatic carbocycles. The number of aliphatic hydroxyl groups excluding tert-OH is 1. The normalized spacial score (nSPS) is 18.3. The number of aliphatic hydroxyl groups is 1. The highest BCUT2D eigenvalue weighted by Gasteiger charge is 2.40. The number of hydrogen-bond acceptors (Lipinski definition) is 2. The van der Waals surface area contributed by atoms with Gasteiger partial charge in [-0.2, -0.15) is 0 Å². The average molecular weight is 298 g/mol. The van der Waals surface area contributed by atoms with Gasteiger partial charge >= 0.3 is 0 Å². The maximum absolute atomic E-state index is 10.8. The Hall–Kier alpha value is -0.0800. The molecule has 1 aliphatic heterocycles. The summed E-state index contributed by atoms with van der Waals surface area (Å²) < 4.78 is 0. The largest absolute Gasteiger partial charge is 0.391 e. The van der Waals surface area contributed by atoms with Crippen LogP contribution in [-0.4, -0.2) is 34.7 Å². The molecular weight excluding hydrogens is 258 g/mol. The van der Waals surface area contributed by atoms with Crippen molar-refractivity contribution in [2.45, 2.75) is 109 Å². The van der Waals surface area contributed by atoms with Gasteiger partial charge < -0.3 is 5.11 Å². The molecule has 2 heteroatoms. The van der Waals surface area contributed by atoms with Crippen LogP contribution in [0.3, 0.4) is 0 Å². The molecule has 1 saturated heterocycles.